The number of rotatable bonds is 6. The molecule has 0 bridgehead atoms. The Bertz CT molecular complexity index is 1500. The average Bonchev–Trinajstić information content (AvgIpc) is 3.29. The van der Waals surface area contributed by atoms with Crippen molar-refractivity contribution >= 4 is 17.6 Å². The van der Waals surface area contributed by atoms with E-state index in [2.05, 4.69) is 34.9 Å². The highest BCUT2D eigenvalue weighted by molar-refractivity contribution is 5.94. The summed E-state index contributed by atoms with van der Waals surface area (Å²) in [5.41, 5.74) is 7.88. The van der Waals surface area contributed by atoms with Gasteiger partial charge in [0.2, 0.25) is 0 Å². The van der Waals surface area contributed by atoms with Gasteiger partial charge in [-0.05, 0) is 47.9 Å². The van der Waals surface area contributed by atoms with Gasteiger partial charge in [0, 0.05) is 29.6 Å². The molecule has 1 aromatic heterocycles. The average molecular weight is 458 g/mol. The van der Waals surface area contributed by atoms with E-state index < -0.39 is 0 Å². The van der Waals surface area contributed by atoms with Crippen molar-refractivity contribution in [3.05, 3.63) is 137 Å². The topological polar surface area (TPSA) is 60.4 Å². The normalized spacial score (nSPS) is 11.1. The first-order chi connectivity index (χ1) is 17.1. The molecular weight excluding hydrogens is 434 g/mol. The van der Waals surface area contributed by atoms with Crippen molar-refractivity contribution in [2.24, 2.45) is 4.99 Å². The molecule has 0 amide bonds. The predicted molar refractivity (Wildman–Crippen MR) is 142 cm³/mol. The smallest absolute Gasteiger partial charge is 0.269 e. The summed E-state index contributed by atoms with van der Waals surface area (Å²) < 4.78 is 2.15. The predicted octanol–water partition coefficient (Wildman–Crippen LogP) is 7.78. The van der Waals surface area contributed by atoms with Crippen molar-refractivity contribution in [1.82, 2.24) is 4.57 Å². The molecular formula is C30H23N3O2. The minimum Gasteiger partial charge on any atom is -0.309 e. The van der Waals surface area contributed by atoms with Gasteiger partial charge < -0.3 is 4.57 Å². The van der Waals surface area contributed by atoms with Gasteiger partial charge in [-0.2, -0.15) is 0 Å². The summed E-state index contributed by atoms with van der Waals surface area (Å²) in [6.45, 7) is 2.04. The second-order valence-electron chi connectivity index (χ2n) is 8.22. The molecule has 0 spiro atoms. The van der Waals surface area contributed by atoms with E-state index in [4.69, 9.17) is 4.99 Å². The maximum atomic E-state index is 11.3. The van der Waals surface area contributed by atoms with Crippen molar-refractivity contribution < 1.29 is 4.92 Å². The standard InChI is InChI=1S/C30H23N3O2/c1-22-10-8-9-15-28(22)31-21-25-20-29(23-11-4-2-5-12-23)32(30(25)24-13-6-3-7-14-24)26-16-18-27(19-17-26)33(34)35/h2-21H,1H3. The Kier molecular flexibility index (Phi) is 6.05. The molecule has 0 radical (unpaired) electrons. The van der Waals surface area contributed by atoms with Gasteiger partial charge in [-0.3, -0.25) is 15.1 Å². The van der Waals surface area contributed by atoms with Crippen LogP contribution in [0, 0.1) is 17.0 Å². The molecule has 4 aromatic carbocycles. The summed E-state index contributed by atoms with van der Waals surface area (Å²) in [5, 5.41) is 11.3. The fraction of sp³-hybridized carbons (Fsp3) is 0.0333. The molecule has 1 heterocycles. The monoisotopic (exact) mass is 457 g/mol. The SMILES string of the molecule is Cc1ccccc1N=Cc1cc(-c2ccccc2)n(-c2ccc([N+](=O)[O-])cc2)c1-c1ccccc1. The molecule has 5 aromatic rings. The molecule has 0 aliphatic rings. The molecule has 35 heavy (non-hydrogen) atoms. The highest BCUT2D eigenvalue weighted by atomic mass is 16.6. The zero-order valence-corrected chi connectivity index (χ0v) is 19.2. The Morgan fingerprint density at radius 1 is 0.771 bits per heavy atom. The number of nitro benzene ring substituents is 1. The van der Waals surface area contributed by atoms with Crippen LogP contribution in [-0.2, 0) is 0 Å². The number of aromatic nitrogens is 1. The van der Waals surface area contributed by atoms with Gasteiger partial charge in [0.15, 0.2) is 0 Å². The molecule has 5 heteroatoms. The summed E-state index contributed by atoms with van der Waals surface area (Å²) in [6.07, 6.45) is 1.90. The van der Waals surface area contributed by atoms with Crippen LogP contribution in [0.2, 0.25) is 0 Å². The molecule has 0 unspecified atom stereocenters. The lowest BCUT2D eigenvalue weighted by Crippen LogP contribution is -2.01. The number of benzene rings is 4. The largest absolute Gasteiger partial charge is 0.309 e. The highest BCUT2D eigenvalue weighted by Crippen LogP contribution is 2.36. The van der Waals surface area contributed by atoms with Crippen LogP contribution >= 0.6 is 0 Å². The molecule has 0 saturated carbocycles. The minimum absolute atomic E-state index is 0.0600. The van der Waals surface area contributed by atoms with E-state index in [1.54, 1.807) is 24.3 Å². The van der Waals surface area contributed by atoms with Gasteiger partial charge in [0.25, 0.3) is 5.69 Å². The number of nitro groups is 1. The third kappa shape index (κ3) is 4.52. The first-order valence-electron chi connectivity index (χ1n) is 11.3. The van der Waals surface area contributed by atoms with Gasteiger partial charge in [-0.1, -0.05) is 78.9 Å². The minimum atomic E-state index is -0.379. The number of hydrogen-bond acceptors (Lipinski definition) is 3. The van der Waals surface area contributed by atoms with Crippen LogP contribution < -0.4 is 0 Å². The number of aryl methyl sites for hydroxylation is 1. The van der Waals surface area contributed by atoms with Crippen molar-refractivity contribution in [3.63, 3.8) is 0 Å². The third-order valence-electron chi connectivity index (χ3n) is 5.92. The summed E-state index contributed by atoms with van der Waals surface area (Å²) in [7, 11) is 0. The number of nitrogens with zero attached hydrogens (tertiary/aromatic N) is 3. The Balaban J connectivity index is 1.77. The summed E-state index contributed by atoms with van der Waals surface area (Å²) in [5.74, 6) is 0. The zero-order valence-electron chi connectivity index (χ0n) is 19.2. The second kappa shape index (κ2) is 9.61. The lowest BCUT2D eigenvalue weighted by molar-refractivity contribution is -0.384. The Hall–Kier alpha value is -4.77. The van der Waals surface area contributed by atoms with E-state index in [0.717, 1.165) is 45.0 Å². The van der Waals surface area contributed by atoms with Crippen molar-refractivity contribution in [1.29, 1.82) is 0 Å². The lowest BCUT2D eigenvalue weighted by atomic mass is 10.1. The fourth-order valence-corrected chi connectivity index (χ4v) is 4.18. The van der Waals surface area contributed by atoms with Crippen LogP contribution in [0.15, 0.2) is 120 Å². The van der Waals surface area contributed by atoms with Crippen molar-refractivity contribution in [2.45, 2.75) is 6.92 Å². The van der Waals surface area contributed by atoms with E-state index in [1.807, 2.05) is 73.8 Å². The molecule has 0 N–H and O–H groups in total. The van der Waals surface area contributed by atoms with Crippen molar-refractivity contribution in [3.8, 4) is 28.2 Å². The third-order valence-corrected chi connectivity index (χ3v) is 5.92. The summed E-state index contributed by atoms with van der Waals surface area (Å²) in [4.78, 5) is 15.7. The summed E-state index contributed by atoms with van der Waals surface area (Å²) >= 11 is 0. The van der Waals surface area contributed by atoms with E-state index in [9.17, 15) is 10.1 Å². The van der Waals surface area contributed by atoms with E-state index in [0.29, 0.717) is 0 Å². The van der Waals surface area contributed by atoms with Crippen molar-refractivity contribution in [2.75, 3.05) is 0 Å². The van der Waals surface area contributed by atoms with Gasteiger partial charge >= 0.3 is 0 Å². The second-order valence-corrected chi connectivity index (χ2v) is 8.22. The van der Waals surface area contributed by atoms with Gasteiger partial charge in [0.05, 0.1) is 22.0 Å². The van der Waals surface area contributed by atoms with Crippen LogP contribution in [0.25, 0.3) is 28.2 Å². The van der Waals surface area contributed by atoms with Crippen LogP contribution in [-0.4, -0.2) is 15.7 Å². The summed E-state index contributed by atoms with van der Waals surface area (Å²) in [6, 6.07) is 37.1. The van der Waals surface area contributed by atoms with Crippen LogP contribution in [0.4, 0.5) is 11.4 Å². The van der Waals surface area contributed by atoms with Gasteiger partial charge in [-0.15, -0.1) is 0 Å². The quantitative estimate of drug-likeness (QED) is 0.148. The molecule has 0 aliphatic heterocycles. The molecule has 5 rings (SSSR count). The maximum absolute atomic E-state index is 11.3. The maximum Gasteiger partial charge on any atom is 0.269 e. The molecule has 0 aliphatic carbocycles. The fourth-order valence-electron chi connectivity index (χ4n) is 4.18. The number of hydrogen-bond donors (Lipinski definition) is 0. The van der Waals surface area contributed by atoms with Crippen LogP contribution in [0.5, 0.6) is 0 Å². The van der Waals surface area contributed by atoms with E-state index in [1.165, 1.54) is 0 Å². The van der Waals surface area contributed by atoms with Crippen LogP contribution in [0.3, 0.4) is 0 Å². The number of non-ortho nitro benzene ring substituents is 1. The van der Waals surface area contributed by atoms with Crippen LogP contribution in [0.1, 0.15) is 11.1 Å². The van der Waals surface area contributed by atoms with E-state index in [-0.39, 0.29) is 10.6 Å². The highest BCUT2D eigenvalue weighted by Gasteiger charge is 2.19. The number of para-hydroxylation sites is 1. The Morgan fingerprint density at radius 2 is 1.37 bits per heavy atom. The zero-order chi connectivity index (χ0) is 24.2. The number of aliphatic imine (C=N–C) groups is 1. The molecule has 5 nitrogen and oxygen atoms in total. The molecule has 0 fully saturated rings. The van der Waals surface area contributed by atoms with E-state index >= 15 is 0 Å². The van der Waals surface area contributed by atoms with Gasteiger partial charge in [0.1, 0.15) is 0 Å². The first-order valence-corrected chi connectivity index (χ1v) is 11.3. The Labute approximate surface area is 203 Å². The van der Waals surface area contributed by atoms with Gasteiger partial charge in [-0.25, -0.2) is 0 Å². The Morgan fingerprint density at radius 3 is 2.00 bits per heavy atom. The molecule has 0 atom stereocenters. The lowest BCUT2D eigenvalue weighted by Gasteiger charge is -2.15. The molecule has 170 valence electrons. The molecule has 0 saturated heterocycles. The first kappa shape index (κ1) is 22.0.